The van der Waals surface area contributed by atoms with Gasteiger partial charge in [0.2, 0.25) is 0 Å². The van der Waals surface area contributed by atoms with E-state index in [-0.39, 0.29) is 11.5 Å². The average molecular weight is 231 g/mol. The molecule has 2 aromatic rings. The number of amides is 1. The molecule has 86 valence electrons. The molecule has 0 aliphatic carbocycles. The van der Waals surface area contributed by atoms with Gasteiger partial charge in [-0.1, -0.05) is 0 Å². The number of hydrogen-bond donors (Lipinski definition) is 2. The lowest BCUT2D eigenvalue weighted by molar-refractivity contribution is 0.102. The van der Waals surface area contributed by atoms with Crippen molar-refractivity contribution < 1.29 is 9.21 Å². The predicted octanol–water partition coefficient (Wildman–Crippen LogP) is 0.869. The minimum atomic E-state index is -0.504. The summed E-state index contributed by atoms with van der Waals surface area (Å²) in [6.45, 7) is 0. The fraction of sp³-hybridized carbons (Fsp3) is 0. The van der Waals surface area contributed by atoms with Gasteiger partial charge in [0.1, 0.15) is 12.1 Å². The van der Waals surface area contributed by atoms with Crippen LogP contribution in [0.4, 0.5) is 11.5 Å². The van der Waals surface area contributed by atoms with E-state index in [2.05, 4.69) is 14.7 Å². The van der Waals surface area contributed by atoms with Gasteiger partial charge in [-0.3, -0.25) is 4.79 Å². The molecule has 2 rings (SSSR count). The number of nitrogens with two attached hydrogens (primary N) is 1. The molecular weight excluding hydrogens is 222 g/mol. The van der Waals surface area contributed by atoms with Gasteiger partial charge in [0.05, 0.1) is 17.4 Å². The highest BCUT2D eigenvalue weighted by molar-refractivity contribution is 6.03. The minimum Gasteiger partial charge on any atom is -0.430 e. The number of nitrogens with zero attached hydrogens (tertiary/aromatic N) is 1. The molecule has 6 heteroatoms. The molecule has 0 saturated carbocycles. The lowest BCUT2D eigenvalue weighted by atomic mass is 10.3. The number of anilines is 2. The van der Waals surface area contributed by atoms with E-state index < -0.39 is 5.63 Å². The van der Waals surface area contributed by atoms with Crippen LogP contribution in [0.5, 0.6) is 0 Å². The van der Waals surface area contributed by atoms with E-state index in [0.717, 1.165) is 6.26 Å². The van der Waals surface area contributed by atoms with E-state index in [1.54, 1.807) is 12.1 Å². The van der Waals surface area contributed by atoms with Gasteiger partial charge < -0.3 is 15.5 Å². The van der Waals surface area contributed by atoms with Crippen LogP contribution in [0, 0.1) is 0 Å². The molecule has 0 fully saturated rings. The molecule has 3 N–H and O–H groups in total. The van der Waals surface area contributed by atoms with Gasteiger partial charge in [0, 0.05) is 6.07 Å². The molecule has 0 aromatic carbocycles. The van der Waals surface area contributed by atoms with Crippen molar-refractivity contribution in [1.29, 1.82) is 0 Å². The predicted molar refractivity (Wildman–Crippen MR) is 61.6 cm³/mol. The van der Waals surface area contributed by atoms with Crippen LogP contribution in [0.15, 0.2) is 45.9 Å². The van der Waals surface area contributed by atoms with Crippen molar-refractivity contribution in [2.24, 2.45) is 0 Å². The Balaban J connectivity index is 2.14. The molecule has 0 spiro atoms. The zero-order valence-electron chi connectivity index (χ0n) is 8.71. The summed E-state index contributed by atoms with van der Waals surface area (Å²) < 4.78 is 4.58. The maximum Gasteiger partial charge on any atom is 0.335 e. The lowest BCUT2D eigenvalue weighted by Gasteiger charge is -2.03. The highest BCUT2D eigenvalue weighted by Crippen LogP contribution is 2.08. The summed E-state index contributed by atoms with van der Waals surface area (Å²) >= 11 is 0. The van der Waals surface area contributed by atoms with Crippen molar-refractivity contribution >= 4 is 17.4 Å². The summed E-state index contributed by atoms with van der Waals surface area (Å²) in [7, 11) is 0. The van der Waals surface area contributed by atoms with E-state index in [1.807, 2.05) is 0 Å². The second-order valence-corrected chi connectivity index (χ2v) is 3.27. The van der Waals surface area contributed by atoms with E-state index in [1.165, 1.54) is 18.3 Å². The Morgan fingerprint density at radius 3 is 2.71 bits per heavy atom. The zero-order chi connectivity index (χ0) is 12.3. The first-order chi connectivity index (χ1) is 8.15. The summed E-state index contributed by atoms with van der Waals surface area (Å²) in [6.07, 6.45) is 2.54. The Morgan fingerprint density at radius 1 is 1.29 bits per heavy atom. The van der Waals surface area contributed by atoms with Crippen LogP contribution in [0.3, 0.4) is 0 Å². The Morgan fingerprint density at radius 2 is 2.12 bits per heavy atom. The lowest BCUT2D eigenvalue weighted by Crippen LogP contribution is -2.13. The number of nitrogens with one attached hydrogen (secondary N) is 1. The second kappa shape index (κ2) is 4.48. The second-order valence-electron chi connectivity index (χ2n) is 3.27. The van der Waals surface area contributed by atoms with Gasteiger partial charge in [0.25, 0.3) is 5.91 Å². The third-order valence-electron chi connectivity index (χ3n) is 2.01. The van der Waals surface area contributed by atoms with Crippen LogP contribution in [0.25, 0.3) is 0 Å². The van der Waals surface area contributed by atoms with Gasteiger partial charge >= 0.3 is 5.63 Å². The van der Waals surface area contributed by atoms with Gasteiger partial charge in [-0.25, -0.2) is 9.78 Å². The quantitative estimate of drug-likeness (QED) is 0.799. The molecule has 0 saturated heterocycles. The van der Waals surface area contributed by atoms with Crippen LogP contribution in [0.2, 0.25) is 0 Å². The highest BCUT2D eigenvalue weighted by Gasteiger charge is 2.06. The monoisotopic (exact) mass is 231 g/mol. The topological polar surface area (TPSA) is 98.2 Å². The number of aromatic nitrogens is 1. The molecule has 1 amide bonds. The maximum atomic E-state index is 11.7. The third kappa shape index (κ3) is 2.69. The first kappa shape index (κ1) is 10.9. The van der Waals surface area contributed by atoms with Crippen molar-refractivity contribution in [2.45, 2.75) is 0 Å². The number of carbonyl (C=O) groups is 1. The molecule has 0 unspecified atom stereocenters. The molecule has 0 atom stereocenters. The first-order valence-electron chi connectivity index (χ1n) is 4.77. The average Bonchev–Trinajstić information content (AvgIpc) is 2.33. The standard InChI is InChI=1S/C11H9N3O3/c12-9-3-2-8(5-13-9)14-11(16)7-1-4-10(15)17-6-7/h1-6H,(H2,12,13)(H,14,16). The maximum absolute atomic E-state index is 11.7. The van der Waals surface area contributed by atoms with Gasteiger partial charge in [0.15, 0.2) is 0 Å². The van der Waals surface area contributed by atoms with Crippen molar-refractivity contribution in [2.75, 3.05) is 11.1 Å². The third-order valence-corrected chi connectivity index (χ3v) is 2.01. The highest BCUT2D eigenvalue weighted by atomic mass is 16.4. The number of hydrogen-bond acceptors (Lipinski definition) is 5. The van der Waals surface area contributed by atoms with E-state index in [0.29, 0.717) is 11.5 Å². The normalized spacial score (nSPS) is 9.88. The Kier molecular flexibility index (Phi) is 2.87. The van der Waals surface area contributed by atoms with E-state index >= 15 is 0 Å². The molecule has 0 bridgehead atoms. The smallest absolute Gasteiger partial charge is 0.335 e. The molecule has 0 aliphatic rings. The van der Waals surface area contributed by atoms with Crippen LogP contribution >= 0.6 is 0 Å². The summed E-state index contributed by atoms with van der Waals surface area (Å²) in [5, 5.41) is 2.59. The van der Waals surface area contributed by atoms with Gasteiger partial charge in [-0.15, -0.1) is 0 Å². The van der Waals surface area contributed by atoms with E-state index in [4.69, 9.17) is 5.73 Å². The van der Waals surface area contributed by atoms with Crippen molar-refractivity contribution in [3.63, 3.8) is 0 Å². The minimum absolute atomic E-state index is 0.251. The SMILES string of the molecule is Nc1ccc(NC(=O)c2ccc(=O)oc2)cn1. The van der Waals surface area contributed by atoms with Gasteiger partial charge in [-0.2, -0.15) is 0 Å². The first-order valence-corrected chi connectivity index (χ1v) is 4.77. The number of pyridine rings is 1. The fourth-order valence-electron chi connectivity index (χ4n) is 1.17. The largest absolute Gasteiger partial charge is 0.430 e. The number of nitrogen functional groups attached to an aromatic ring is 1. The number of rotatable bonds is 2. The summed E-state index contributed by atoms with van der Waals surface area (Å²) in [5.74, 6) is -0.0194. The van der Waals surface area contributed by atoms with Gasteiger partial charge in [-0.05, 0) is 18.2 Å². The summed E-state index contributed by atoms with van der Waals surface area (Å²) in [6, 6.07) is 5.75. The van der Waals surface area contributed by atoms with Crippen LogP contribution < -0.4 is 16.7 Å². The van der Waals surface area contributed by atoms with Crippen molar-refractivity contribution in [3.05, 3.63) is 52.7 Å². The fourth-order valence-corrected chi connectivity index (χ4v) is 1.17. The Hall–Kier alpha value is -2.63. The molecule has 2 aromatic heterocycles. The Labute approximate surface area is 96.1 Å². The molecule has 0 aliphatic heterocycles. The molecular formula is C11H9N3O3. The molecule has 6 nitrogen and oxygen atoms in total. The molecule has 17 heavy (non-hydrogen) atoms. The zero-order valence-corrected chi connectivity index (χ0v) is 8.71. The van der Waals surface area contributed by atoms with Crippen LogP contribution in [-0.2, 0) is 0 Å². The molecule has 2 heterocycles. The Bertz CT molecular complexity index is 569. The van der Waals surface area contributed by atoms with Crippen LogP contribution in [-0.4, -0.2) is 10.9 Å². The van der Waals surface area contributed by atoms with Crippen molar-refractivity contribution in [3.8, 4) is 0 Å². The van der Waals surface area contributed by atoms with Crippen LogP contribution in [0.1, 0.15) is 10.4 Å². The van der Waals surface area contributed by atoms with Crippen molar-refractivity contribution in [1.82, 2.24) is 4.98 Å². The summed E-state index contributed by atoms with van der Waals surface area (Å²) in [4.78, 5) is 26.2. The van der Waals surface area contributed by atoms with E-state index in [9.17, 15) is 9.59 Å². The summed E-state index contributed by atoms with van der Waals surface area (Å²) in [5.41, 5.74) is 5.67. The molecule has 0 radical (unpaired) electrons. The number of carbonyl (C=O) groups excluding carboxylic acids is 1.